The van der Waals surface area contributed by atoms with Gasteiger partial charge >= 0.3 is 0 Å². The van der Waals surface area contributed by atoms with E-state index in [0.29, 0.717) is 7.92 Å². The van der Waals surface area contributed by atoms with Gasteiger partial charge in [-0.15, -0.1) is 7.92 Å². The van der Waals surface area contributed by atoms with Gasteiger partial charge in [-0.1, -0.05) is 105 Å². The zero-order chi connectivity index (χ0) is 17.9. The lowest BCUT2D eigenvalue weighted by molar-refractivity contribution is 0.615. The molecule has 0 fully saturated rings. The van der Waals surface area contributed by atoms with Crippen LogP contribution in [0.2, 0.25) is 0 Å². The fourth-order valence-electron chi connectivity index (χ4n) is 3.75. The van der Waals surface area contributed by atoms with Crippen LogP contribution in [0.5, 0.6) is 0 Å². The Hall–Kier alpha value is 0.430. The minimum Gasteiger partial charge on any atom is -0.104 e. The van der Waals surface area contributed by atoms with Crippen molar-refractivity contribution in [3.63, 3.8) is 0 Å². The molecule has 0 aliphatic rings. The average molecular weight is 357 g/mol. The summed E-state index contributed by atoms with van der Waals surface area (Å²) >= 11 is 0. The molecule has 0 aliphatic heterocycles. The molecule has 0 saturated carbocycles. The summed E-state index contributed by atoms with van der Waals surface area (Å²) in [4.78, 5) is 0. The Morgan fingerprint density at radius 3 is 1.33 bits per heavy atom. The maximum Gasteiger partial charge on any atom is -0.0212 e. The van der Waals surface area contributed by atoms with Gasteiger partial charge < -0.3 is 0 Å². The van der Waals surface area contributed by atoms with Crippen LogP contribution in [0.1, 0.15) is 130 Å². The molecule has 0 saturated heterocycles. The van der Waals surface area contributed by atoms with E-state index in [2.05, 4.69) is 27.7 Å². The van der Waals surface area contributed by atoms with Crippen LogP contribution in [0, 0.1) is 0 Å². The van der Waals surface area contributed by atoms with Crippen molar-refractivity contribution in [1.29, 1.82) is 0 Å². The van der Waals surface area contributed by atoms with E-state index in [0.717, 1.165) is 5.66 Å². The summed E-state index contributed by atoms with van der Waals surface area (Å²) in [5, 5.41) is 0. The van der Waals surface area contributed by atoms with E-state index < -0.39 is 0 Å². The Bertz CT molecular complexity index is 210. The SMILES string of the molecule is CCCCCCCCP(CCCCCCCC)C(CC)CCCC. The van der Waals surface area contributed by atoms with E-state index in [4.69, 9.17) is 0 Å². The highest BCUT2D eigenvalue weighted by atomic mass is 31.1. The molecule has 0 aromatic heterocycles. The normalized spacial score (nSPS) is 12.9. The van der Waals surface area contributed by atoms with E-state index in [1.807, 2.05) is 0 Å². The summed E-state index contributed by atoms with van der Waals surface area (Å²) in [6, 6.07) is 0. The Morgan fingerprint density at radius 1 is 0.500 bits per heavy atom. The summed E-state index contributed by atoms with van der Waals surface area (Å²) in [6.07, 6.45) is 26.6. The monoisotopic (exact) mass is 356 g/mol. The smallest absolute Gasteiger partial charge is 0.0212 e. The number of unbranched alkanes of at least 4 members (excludes halogenated alkanes) is 11. The molecule has 1 atom stereocenters. The van der Waals surface area contributed by atoms with Crippen molar-refractivity contribution in [2.75, 3.05) is 12.3 Å². The molecule has 1 unspecified atom stereocenters. The highest BCUT2D eigenvalue weighted by Crippen LogP contribution is 2.47. The first-order chi connectivity index (χ1) is 11.8. The topological polar surface area (TPSA) is 0 Å². The molecule has 0 N–H and O–H groups in total. The van der Waals surface area contributed by atoms with Gasteiger partial charge in [0.15, 0.2) is 0 Å². The van der Waals surface area contributed by atoms with Crippen LogP contribution < -0.4 is 0 Å². The average Bonchev–Trinajstić information content (AvgIpc) is 2.60. The molecule has 0 nitrogen and oxygen atoms in total. The summed E-state index contributed by atoms with van der Waals surface area (Å²) in [5.41, 5.74) is 1.08. The third-order valence-electron chi connectivity index (χ3n) is 5.48. The third-order valence-corrected chi connectivity index (χ3v) is 8.91. The van der Waals surface area contributed by atoms with Crippen molar-refractivity contribution >= 4 is 7.92 Å². The van der Waals surface area contributed by atoms with Gasteiger partial charge in [0.1, 0.15) is 0 Å². The first-order valence-electron chi connectivity index (χ1n) is 11.5. The molecular weight excluding hydrogens is 307 g/mol. The molecule has 1 heteroatoms. The molecule has 0 aromatic carbocycles. The summed E-state index contributed by atoms with van der Waals surface area (Å²) in [5.74, 6) is 0. The molecule has 0 rings (SSSR count). The maximum absolute atomic E-state index is 2.46. The third kappa shape index (κ3) is 14.7. The van der Waals surface area contributed by atoms with Crippen LogP contribution in [0.25, 0.3) is 0 Å². The van der Waals surface area contributed by atoms with Crippen molar-refractivity contribution in [3.05, 3.63) is 0 Å². The second-order valence-electron chi connectivity index (χ2n) is 7.78. The molecule has 146 valence electrons. The predicted molar refractivity (Wildman–Crippen MR) is 117 cm³/mol. The van der Waals surface area contributed by atoms with Gasteiger partial charge in [0.05, 0.1) is 0 Å². The van der Waals surface area contributed by atoms with Crippen molar-refractivity contribution < 1.29 is 0 Å². The van der Waals surface area contributed by atoms with Crippen LogP contribution in [0.3, 0.4) is 0 Å². The molecule has 0 aromatic rings. The fraction of sp³-hybridized carbons (Fsp3) is 1.00. The largest absolute Gasteiger partial charge is 0.104 e. The van der Waals surface area contributed by atoms with Gasteiger partial charge in [-0.3, -0.25) is 0 Å². The molecule has 0 spiro atoms. The van der Waals surface area contributed by atoms with Crippen LogP contribution in [-0.4, -0.2) is 18.0 Å². The lowest BCUT2D eigenvalue weighted by Crippen LogP contribution is -2.09. The van der Waals surface area contributed by atoms with Crippen LogP contribution in [-0.2, 0) is 0 Å². The zero-order valence-corrected chi connectivity index (χ0v) is 18.6. The highest BCUT2D eigenvalue weighted by Gasteiger charge is 2.18. The minimum absolute atomic E-state index is 0.315. The maximum atomic E-state index is 2.46. The van der Waals surface area contributed by atoms with Gasteiger partial charge in [-0.05, 0) is 43.7 Å². The van der Waals surface area contributed by atoms with E-state index in [-0.39, 0.29) is 0 Å². The Labute approximate surface area is 156 Å². The van der Waals surface area contributed by atoms with Gasteiger partial charge in [-0.2, -0.15) is 0 Å². The van der Waals surface area contributed by atoms with Crippen LogP contribution in [0.15, 0.2) is 0 Å². The zero-order valence-electron chi connectivity index (χ0n) is 17.8. The van der Waals surface area contributed by atoms with E-state index in [9.17, 15) is 0 Å². The molecule has 24 heavy (non-hydrogen) atoms. The number of rotatable bonds is 19. The quantitative estimate of drug-likeness (QED) is 0.160. The molecule has 0 heterocycles. The van der Waals surface area contributed by atoms with Crippen molar-refractivity contribution in [2.45, 2.75) is 136 Å². The van der Waals surface area contributed by atoms with Crippen LogP contribution in [0.4, 0.5) is 0 Å². The minimum atomic E-state index is 0.315. The Balaban J connectivity index is 4.07. The van der Waals surface area contributed by atoms with Crippen molar-refractivity contribution in [2.24, 2.45) is 0 Å². The molecule has 0 radical (unpaired) electrons. The van der Waals surface area contributed by atoms with Crippen molar-refractivity contribution in [1.82, 2.24) is 0 Å². The highest BCUT2D eigenvalue weighted by molar-refractivity contribution is 7.58. The molecule has 0 amide bonds. The first-order valence-corrected chi connectivity index (χ1v) is 13.3. The lowest BCUT2D eigenvalue weighted by Gasteiger charge is -2.27. The van der Waals surface area contributed by atoms with E-state index >= 15 is 0 Å². The van der Waals surface area contributed by atoms with Gasteiger partial charge in [0.25, 0.3) is 0 Å². The Morgan fingerprint density at radius 2 is 0.917 bits per heavy atom. The second-order valence-corrected chi connectivity index (χ2v) is 10.6. The van der Waals surface area contributed by atoms with Gasteiger partial charge in [0, 0.05) is 0 Å². The van der Waals surface area contributed by atoms with Crippen molar-refractivity contribution in [3.8, 4) is 0 Å². The first kappa shape index (κ1) is 24.4. The standard InChI is InChI=1S/C23H49P/c1-5-9-12-14-16-18-21-24(23(8-4)20-11-7-3)22-19-17-15-13-10-6-2/h23H,5-22H2,1-4H3. The number of hydrogen-bond acceptors (Lipinski definition) is 0. The molecule has 0 aliphatic carbocycles. The van der Waals surface area contributed by atoms with Gasteiger partial charge in [0.2, 0.25) is 0 Å². The summed E-state index contributed by atoms with van der Waals surface area (Å²) < 4.78 is 0. The molecule has 0 bridgehead atoms. The molecular formula is C23H49P. The van der Waals surface area contributed by atoms with E-state index in [1.165, 1.54) is 103 Å². The number of hydrogen-bond donors (Lipinski definition) is 0. The van der Waals surface area contributed by atoms with Gasteiger partial charge in [-0.25, -0.2) is 0 Å². The fourth-order valence-corrected chi connectivity index (χ4v) is 7.03. The lowest BCUT2D eigenvalue weighted by atomic mass is 10.1. The van der Waals surface area contributed by atoms with E-state index in [1.54, 1.807) is 12.3 Å². The van der Waals surface area contributed by atoms with Crippen LogP contribution >= 0.6 is 7.92 Å². The summed E-state index contributed by atoms with van der Waals surface area (Å²) in [7, 11) is 0.315. The second kappa shape index (κ2) is 19.8. The Kier molecular flexibility index (Phi) is 20.1. The summed E-state index contributed by atoms with van der Waals surface area (Å²) in [6.45, 7) is 9.45. The predicted octanol–water partition coefficient (Wildman–Crippen LogP) is 9.16.